The van der Waals surface area contributed by atoms with Crippen molar-refractivity contribution in [3.8, 4) is 6.07 Å². The second-order valence-corrected chi connectivity index (χ2v) is 9.84. The molecular weight excluding hydrogens is 377 g/mol. The number of para-hydroxylation sites is 1. The first kappa shape index (κ1) is 18.9. The highest BCUT2D eigenvalue weighted by molar-refractivity contribution is 7.94. The molecule has 0 N–H and O–H groups in total. The molecule has 146 valence electrons. The highest BCUT2D eigenvalue weighted by Crippen LogP contribution is 2.41. The zero-order valence-electron chi connectivity index (χ0n) is 15.5. The Morgan fingerprint density at radius 3 is 2.64 bits per heavy atom. The maximum atomic E-state index is 13.6. The van der Waals surface area contributed by atoms with Crippen molar-refractivity contribution in [2.45, 2.75) is 30.6 Å². The van der Waals surface area contributed by atoms with Gasteiger partial charge in [-0.25, -0.2) is 12.8 Å². The summed E-state index contributed by atoms with van der Waals surface area (Å²) in [6.45, 7) is 2.15. The van der Waals surface area contributed by atoms with Crippen molar-refractivity contribution in [1.82, 2.24) is 4.90 Å². The van der Waals surface area contributed by atoms with Crippen LogP contribution in [-0.2, 0) is 16.6 Å². The normalized spacial score (nSPS) is 24.4. The first-order valence-electron chi connectivity index (χ1n) is 9.43. The number of rotatable bonds is 3. The number of hydrogen-bond donors (Lipinski definition) is 0. The van der Waals surface area contributed by atoms with Gasteiger partial charge in [-0.3, -0.25) is 9.21 Å². The van der Waals surface area contributed by atoms with E-state index < -0.39 is 20.6 Å². The van der Waals surface area contributed by atoms with Gasteiger partial charge in [0.1, 0.15) is 16.6 Å². The molecule has 2 heterocycles. The van der Waals surface area contributed by atoms with E-state index in [2.05, 4.69) is 4.90 Å². The SMILES string of the molecule is N#Cc1cc(CN2CC[C@]3(CCCN(c4ccccc4)S3(=O)=O)C2)ccc1F. The van der Waals surface area contributed by atoms with Crippen molar-refractivity contribution in [1.29, 1.82) is 5.26 Å². The maximum Gasteiger partial charge on any atom is 0.242 e. The number of sulfonamides is 1. The van der Waals surface area contributed by atoms with E-state index in [9.17, 15) is 12.8 Å². The van der Waals surface area contributed by atoms with Gasteiger partial charge in [-0.2, -0.15) is 5.26 Å². The minimum atomic E-state index is -3.48. The third-order valence-electron chi connectivity index (χ3n) is 5.83. The molecule has 7 heteroatoms. The summed E-state index contributed by atoms with van der Waals surface area (Å²) in [7, 11) is -3.48. The van der Waals surface area contributed by atoms with E-state index >= 15 is 0 Å². The van der Waals surface area contributed by atoms with Gasteiger partial charge in [0.25, 0.3) is 0 Å². The summed E-state index contributed by atoms with van der Waals surface area (Å²) in [6, 6.07) is 15.6. The lowest BCUT2D eigenvalue weighted by atomic mass is 10.0. The van der Waals surface area contributed by atoms with Crippen molar-refractivity contribution in [2.75, 3.05) is 23.9 Å². The molecule has 5 nitrogen and oxygen atoms in total. The lowest BCUT2D eigenvalue weighted by Gasteiger charge is -2.40. The van der Waals surface area contributed by atoms with Crippen molar-refractivity contribution in [3.63, 3.8) is 0 Å². The number of likely N-dealkylation sites (tertiary alicyclic amines) is 1. The fourth-order valence-electron chi connectivity index (χ4n) is 4.38. The zero-order valence-corrected chi connectivity index (χ0v) is 16.3. The summed E-state index contributed by atoms with van der Waals surface area (Å²) in [5.74, 6) is -0.530. The topological polar surface area (TPSA) is 64.4 Å². The molecule has 4 rings (SSSR count). The molecule has 0 radical (unpaired) electrons. The number of anilines is 1. The van der Waals surface area contributed by atoms with Crippen LogP contribution in [0.2, 0.25) is 0 Å². The van der Waals surface area contributed by atoms with Gasteiger partial charge in [0, 0.05) is 26.2 Å². The Morgan fingerprint density at radius 1 is 1.11 bits per heavy atom. The van der Waals surface area contributed by atoms with Crippen LogP contribution in [0.5, 0.6) is 0 Å². The minimum absolute atomic E-state index is 0.0203. The monoisotopic (exact) mass is 399 g/mol. The van der Waals surface area contributed by atoms with Crippen molar-refractivity contribution in [2.24, 2.45) is 0 Å². The summed E-state index contributed by atoms with van der Waals surface area (Å²) in [4.78, 5) is 2.10. The average molecular weight is 399 g/mol. The Balaban J connectivity index is 1.56. The highest BCUT2D eigenvalue weighted by Gasteiger charge is 2.53. The minimum Gasteiger partial charge on any atom is -0.297 e. The van der Waals surface area contributed by atoms with Crippen LogP contribution in [0, 0.1) is 17.1 Å². The molecule has 0 bridgehead atoms. The predicted molar refractivity (Wildman–Crippen MR) is 106 cm³/mol. The van der Waals surface area contributed by atoms with Crippen LogP contribution in [0.25, 0.3) is 0 Å². The molecule has 0 aromatic heterocycles. The van der Waals surface area contributed by atoms with Gasteiger partial charge in [0.15, 0.2) is 0 Å². The van der Waals surface area contributed by atoms with Crippen LogP contribution in [0.3, 0.4) is 0 Å². The van der Waals surface area contributed by atoms with Crippen LogP contribution in [-0.4, -0.2) is 37.7 Å². The molecule has 0 unspecified atom stereocenters. The number of hydrogen-bond acceptors (Lipinski definition) is 4. The summed E-state index contributed by atoms with van der Waals surface area (Å²) in [5, 5.41) is 9.02. The number of nitrogens with zero attached hydrogens (tertiary/aromatic N) is 3. The molecule has 2 saturated heterocycles. The fraction of sp³-hybridized carbons (Fsp3) is 0.381. The van der Waals surface area contributed by atoms with Crippen molar-refractivity contribution >= 4 is 15.7 Å². The second kappa shape index (κ2) is 7.19. The number of nitriles is 1. The average Bonchev–Trinajstić information content (AvgIpc) is 3.10. The third-order valence-corrected chi connectivity index (χ3v) is 8.43. The predicted octanol–water partition coefficient (Wildman–Crippen LogP) is 3.27. The van der Waals surface area contributed by atoms with E-state index in [1.807, 2.05) is 36.4 Å². The smallest absolute Gasteiger partial charge is 0.242 e. The van der Waals surface area contributed by atoms with Gasteiger partial charge in [0.2, 0.25) is 10.0 Å². The van der Waals surface area contributed by atoms with E-state index in [4.69, 9.17) is 5.26 Å². The highest BCUT2D eigenvalue weighted by atomic mass is 32.2. The zero-order chi connectivity index (χ0) is 19.8. The number of halogens is 1. The standard InChI is InChI=1S/C21H22FN3O2S/c22-20-8-7-17(13-18(20)14-23)15-24-12-10-21(16-24)9-4-11-25(28(21,26)27)19-5-2-1-3-6-19/h1-3,5-8,13H,4,9-12,15-16H2/t21-/m1/s1. The molecular formula is C21H22FN3O2S. The fourth-order valence-corrected chi connectivity index (χ4v) is 6.72. The van der Waals surface area contributed by atoms with E-state index in [1.54, 1.807) is 16.4 Å². The Hall–Kier alpha value is -2.43. The van der Waals surface area contributed by atoms with E-state index in [0.717, 1.165) is 17.7 Å². The van der Waals surface area contributed by atoms with E-state index in [0.29, 0.717) is 39.0 Å². The van der Waals surface area contributed by atoms with E-state index in [-0.39, 0.29) is 5.56 Å². The van der Waals surface area contributed by atoms with Crippen LogP contribution in [0.4, 0.5) is 10.1 Å². The molecule has 2 aromatic rings. The molecule has 0 amide bonds. The second-order valence-electron chi connectivity index (χ2n) is 7.59. The summed E-state index contributed by atoms with van der Waals surface area (Å²) in [5.41, 5.74) is 1.56. The summed E-state index contributed by atoms with van der Waals surface area (Å²) in [6.07, 6.45) is 2.07. The largest absolute Gasteiger partial charge is 0.297 e. The van der Waals surface area contributed by atoms with E-state index in [1.165, 1.54) is 6.07 Å². The molecule has 2 fully saturated rings. The van der Waals surface area contributed by atoms with Gasteiger partial charge in [-0.15, -0.1) is 0 Å². The van der Waals surface area contributed by atoms with Gasteiger partial charge in [0.05, 0.1) is 11.3 Å². The maximum absolute atomic E-state index is 13.6. The molecule has 2 aliphatic rings. The lowest BCUT2D eigenvalue weighted by molar-refractivity contribution is 0.314. The van der Waals surface area contributed by atoms with Crippen LogP contribution < -0.4 is 4.31 Å². The van der Waals surface area contributed by atoms with Crippen molar-refractivity contribution < 1.29 is 12.8 Å². The Bertz CT molecular complexity index is 1020. The first-order chi connectivity index (χ1) is 13.4. The van der Waals surface area contributed by atoms with Gasteiger partial charge < -0.3 is 0 Å². The quantitative estimate of drug-likeness (QED) is 0.795. The van der Waals surface area contributed by atoms with Crippen molar-refractivity contribution in [3.05, 3.63) is 65.5 Å². The van der Waals surface area contributed by atoms with Crippen LogP contribution >= 0.6 is 0 Å². The molecule has 1 atom stereocenters. The van der Waals surface area contributed by atoms with Gasteiger partial charge in [-0.1, -0.05) is 24.3 Å². The molecule has 0 aliphatic carbocycles. The van der Waals surface area contributed by atoms with Gasteiger partial charge in [-0.05, 0) is 49.1 Å². The Morgan fingerprint density at radius 2 is 1.89 bits per heavy atom. The molecule has 2 aliphatic heterocycles. The lowest BCUT2D eigenvalue weighted by Crippen LogP contribution is -2.54. The summed E-state index contributed by atoms with van der Waals surface area (Å²) >= 11 is 0. The molecule has 0 saturated carbocycles. The van der Waals surface area contributed by atoms with Crippen LogP contribution in [0.1, 0.15) is 30.4 Å². The molecule has 28 heavy (non-hydrogen) atoms. The van der Waals surface area contributed by atoms with Crippen LogP contribution in [0.15, 0.2) is 48.5 Å². The molecule has 2 aromatic carbocycles. The Labute approximate surface area is 165 Å². The molecule has 1 spiro atoms. The first-order valence-corrected chi connectivity index (χ1v) is 10.9. The third kappa shape index (κ3) is 3.17. The summed E-state index contributed by atoms with van der Waals surface area (Å²) < 4.78 is 41.3. The Kier molecular flexibility index (Phi) is 4.86. The van der Waals surface area contributed by atoms with Gasteiger partial charge >= 0.3 is 0 Å². The number of benzene rings is 2.